The number of hydrogen-bond donors (Lipinski definition) is 1. The van der Waals surface area contributed by atoms with Crippen LogP contribution in [0.2, 0.25) is 0 Å². The first-order valence-corrected chi connectivity index (χ1v) is 6.92. The highest BCUT2D eigenvalue weighted by molar-refractivity contribution is 5.98. The van der Waals surface area contributed by atoms with E-state index in [0.717, 1.165) is 0 Å². The molecule has 2 rings (SSSR count). The summed E-state index contributed by atoms with van der Waals surface area (Å²) in [6.45, 7) is 1.82. The first-order chi connectivity index (χ1) is 11.0. The second-order valence-corrected chi connectivity index (χ2v) is 4.68. The van der Waals surface area contributed by atoms with E-state index in [2.05, 4.69) is 9.97 Å². The number of ether oxygens (including phenoxy) is 2. The molecule has 0 amide bonds. The Bertz CT molecular complexity index is 730. The maximum absolute atomic E-state index is 12.0. The van der Waals surface area contributed by atoms with Crippen molar-refractivity contribution in [2.24, 2.45) is 0 Å². The summed E-state index contributed by atoms with van der Waals surface area (Å²) in [6.07, 6.45) is 4.49. The average molecular weight is 316 g/mol. The van der Waals surface area contributed by atoms with Crippen molar-refractivity contribution in [2.45, 2.75) is 20.0 Å². The number of rotatable bonds is 7. The second-order valence-electron chi connectivity index (χ2n) is 4.68. The van der Waals surface area contributed by atoms with E-state index in [0.29, 0.717) is 29.2 Å². The predicted octanol–water partition coefficient (Wildman–Crippen LogP) is 2.36. The first-order valence-electron chi connectivity index (χ1n) is 6.92. The number of hydrogen-bond acceptors (Lipinski definition) is 6. The average Bonchev–Trinajstić information content (AvgIpc) is 2.59. The number of nitrogens with zero attached hydrogens (tertiary/aromatic N) is 2. The Labute approximate surface area is 132 Å². The molecule has 2 heterocycles. The van der Waals surface area contributed by atoms with Gasteiger partial charge in [0.2, 0.25) is 5.88 Å². The monoisotopic (exact) mass is 316 g/mol. The van der Waals surface area contributed by atoms with Gasteiger partial charge in [0.1, 0.15) is 12.4 Å². The molecule has 0 aliphatic carbocycles. The summed E-state index contributed by atoms with van der Waals surface area (Å²) in [5.41, 5.74) is 1.03. The third kappa shape index (κ3) is 4.03. The minimum absolute atomic E-state index is 0.0730. The van der Waals surface area contributed by atoms with E-state index >= 15 is 0 Å². The Hall–Kier alpha value is -2.96. The molecule has 0 aliphatic rings. The lowest BCUT2D eigenvalue weighted by Crippen LogP contribution is -2.06. The van der Waals surface area contributed by atoms with E-state index in [1.807, 2.05) is 0 Å². The van der Waals surface area contributed by atoms with Crippen LogP contribution in [-0.2, 0) is 6.61 Å². The van der Waals surface area contributed by atoms with E-state index in [-0.39, 0.29) is 18.0 Å². The molecule has 0 saturated carbocycles. The summed E-state index contributed by atoms with van der Waals surface area (Å²) in [6, 6.07) is 2.99. The number of methoxy groups -OCH3 is 1. The van der Waals surface area contributed by atoms with Gasteiger partial charge >= 0.3 is 5.97 Å². The second kappa shape index (κ2) is 7.35. The van der Waals surface area contributed by atoms with Crippen molar-refractivity contribution in [1.82, 2.24) is 9.97 Å². The molecule has 23 heavy (non-hydrogen) atoms. The summed E-state index contributed by atoms with van der Waals surface area (Å²) in [4.78, 5) is 30.8. The van der Waals surface area contributed by atoms with Crippen LogP contribution < -0.4 is 9.47 Å². The summed E-state index contributed by atoms with van der Waals surface area (Å²) >= 11 is 0. The fourth-order valence-corrected chi connectivity index (χ4v) is 1.90. The minimum Gasteiger partial charge on any atom is -0.486 e. The standard InChI is InChI=1S/C16H16N2O5/c1-3-13(19)12-5-15(22-2)18-8-14(12)23-9-10-4-11(16(20)21)7-17-6-10/h4-8H,3,9H2,1-2H3,(H,20,21). The van der Waals surface area contributed by atoms with Gasteiger partial charge in [0.05, 0.1) is 24.4 Å². The molecule has 1 N–H and O–H groups in total. The van der Waals surface area contributed by atoms with E-state index in [1.54, 1.807) is 6.92 Å². The normalized spacial score (nSPS) is 10.2. The van der Waals surface area contributed by atoms with Crippen LogP contribution in [-0.4, -0.2) is 33.9 Å². The molecule has 2 aromatic rings. The van der Waals surface area contributed by atoms with Gasteiger partial charge in [0.15, 0.2) is 5.78 Å². The van der Waals surface area contributed by atoms with Crippen LogP contribution in [0.1, 0.15) is 39.6 Å². The number of carbonyl (C=O) groups excluding carboxylic acids is 1. The van der Waals surface area contributed by atoms with Gasteiger partial charge in [-0.15, -0.1) is 0 Å². The number of pyridine rings is 2. The van der Waals surface area contributed by atoms with Gasteiger partial charge in [-0.3, -0.25) is 9.78 Å². The van der Waals surface area contributed by atoms with Gasteiger partial charge in [-0.1, -0.05) is 6.92 Å². The zero-order valence-corrected chi connectivity index (χ0v) is 12.8. The molecular formula is C16H16N2O5. The molecule has 0 spiro atoms. The highest BCUT2D eigenvalue weighted by atomic mass is 16.5. The van der Waals surface area contributed by atoms with Gasteiger partial charge in [-0.05, 0) is 6.07 Å². The summed E-state index contributed by atoms with van der Waals surface area (Å²) < 4.78 is 10.6. The van der Waals surface area contributed by atoms with Crippen molar-refractivity contribution >= 4 is 11.8 Å². The number of aromatic carboxylic acids is 1. The molecule has 0 aromatic carbocycles. The SMILES string of the molecule is CCC(=O)c1cc(OC)ncc1OCc1cncc(C(=O)O)c1. The zero-order valence-electron chi connectivity index (χ0n) is 12.8. The van der Waals surface area contributed by atoms with Crippen molar-refractivity contribution < 1.29 is 24.2 Å². The quantitative estimate of drug-likeness (QED) is 0.783. The predicted molar refractivity (Wildman–Crippen MR) is 80.9 cm³/mol. The topological polar surface area (TPSA) is 98.6 Å². The van der Waals surface area contributed by atoms with Crippen LogP contribution in [0.5, 0.6) is 11.6 Å². The van der Waals surface area contributed by atoms with Gasteiger partial charge in [-0.25, -0.2) is 9.78 Å². The van der Waals surface area contributed by atoms with Crippen molar-refractivity contribution in [3.63, 3.8) is 0 Å². The van der Waals surface area contributed by atoms with Gasteiger partial charge in [0, 0.05) is 30.4 Å². The van der Waals surface area contributed by atoms with Crippen molar-refractivity contribution in [2.75, 3.05) is 7.11 Å². The highest BCUT2D eigenvalue weighted by Gasteiger charge is 2.14. The van der Waals surface area contributed by atoms with E-state index in [4.69, 9.17) is 14.6 Å². The number of carboxylic acids is 1. The van der Waals surface area contributed by atoms with Gasteiger partial charge in [-0.2, -0.15) is 0 Å². The highest BCUT2D eigenvalue weighted by Crippen LogP contribution is 2.24. The molecule has 7 heteroatoms. The number of carboxylic acid groups (broad SMARTS) is 1. The zero-order chi connectivity index (χ0) is 16.8. The van der Waals surface area contributed by atoms with Crippen molar-refractivity contribution in [1.29, 1.82) is 0 Å². The minimum atomic E-state index is -1.06. The smallest absolute Gasteiger partial charge is 0.337 e. The molecule has 7 nitrogen and oxygen atoms in total. The Morgan fingerprint density at radius 2 is 2.00 bits per heavy atom. The third-order valence-corrected chi connectivity index (χ3v) is 3.11. The molecule has 120 valence electrons. The third-order valence-electron chi connectivity index (χ3n) is 3.11. The maximum Gasteiger partial charge on any atom is 0.337 e. The number of Topliss-reactive ketones (excluding diaryl/α,β-unsaturated/α-hetero) is 1. The molecule has 0 unspecified atom stereocenters. The van der Waals surface area contributed by atoms with Gasteiger partial charge in [0.25, 0.3) is 0 Å². The lowest BCUT2D eigenvalue weighted by molar-refractivity contribution is 0.0696. The Morgan fingerprint density at radius 1 is 1.22 bits per heavy atom. The summed E-state index contributed by atoms with van der Waals surface area (Å²) in [5.74, 6) is -0.521. The van der Waals surface area contributed by atoms with Crippen LogP contribution in [0, 0.1) is 0 Å². The maximum atomic E-state index is 12.0. The fraction of sp³-hybridized carbons (Fsp3) is 0.250. The summed E-state index contributed by atoms with van der Waals surface area (Å²) in [5, 5.41) is 8.95. The molecule has 0 aliphatic heterocycles. The van der Waals surface area contributed by atoms with Crippen molar-refractivity contribution in [3.05, 3.63) is 47.4 Å². The summed E-state index contributed by atoms with van der Waals surface area (Å²) in [7, 11) is 1.46. The largest absolute Gasteiger partial charge is 0.486 e. The molecule has 0 bridgehead atoms. The molecule has 0 saturated heterocycles. The van der Waals surface area contributed by atoms with Crippen LogP contribution in [0.3, 0.4) is 0 Å². The molecule has 0 fully saturated rings. The fourth-order valence-electron chi connectivity index (χ4n) is 1.90. The Kier molecular flexibility index (Phi) is 5.24. The van der Waals surface area contributed by atoms with Crippen LogP contribution in [0.4, 0.5) is 0 Å². The number of carbonyl (C=O) groups is 2. The lowest BCUT2D eigenvalue weighted by Gasteiger charge is -2.11. The number of ketones is 1. The first kappa shape index (κ1) is 16.4. The molecule has 0 atom stereocenters. The molecule has 0 radical (unpaired) electrons. The Balaban J connectivity index is 2.21. The number of aromatic nitrogens is 2. The molecular weight excluding hydrogens is 300 g/mol. The molecule has 2 aromatic heterocycles. The van der Waals surface area contributed by atoms with E-state index in [1.165, 1.54) is 37.8 Å². The van der Waals surface area contributed by atoms with Crippen LogP contribution in [0.25, 0.3) is 0 Å². The van der Waals surface area contributed by atoms with E-state index in [9.17, 15) is 9.59 Å². The van der Waals surface area contributed by atoms with E-state index < -0.39 is 5.97 Å². The Morgan fingerprint density at radius 3 is 2.65 bits per heavy atom. The van der Waals surface area contributed by atoms with Gasteiger partial charge < -0.3 is 14.6 Å². The lowest BCUT2D eigenvalue weighted by atomic mass is 10.1. The van der Waals surface area contributed by atoms with Crippen molar-refractivity contribution in [3.8, 4) is 11.6 Å². The van der Waals surface area contributed by atoms with Crippen LogP contribution >= 0.6 is 0 Å². The van der Waals surface area contributed by atoms with Crippen LogP contribution in [0.15, 0.2) is 30.7 Å².